The van der Waals surface area contributed by atoms with Crippen molar-refractivity contribution >= 4 is 17.5 Å². The molecule has 4 nitrogen and oxygen atoms in total. The van der Waals surface area contributed by atoms with Gasteiger partial charge < -0.3 is 4.74 Å². The first kappa shape index (κ1) is 12.5. The topological polar surface area (TPSA) is 60.4 Å². The van der Waals surface area contributed by atoms with Crippen molar-refractivity contribution in [1.29, 1.82) is 0 Å². The molecule has 0 amide bonds. The molecule has 0 aliphatic heterocycles. The zero-order chi connectivity index (χ0) is 13.3. The highest BCUT2D eigenvalue weighted by Gasteiger charge is 2.42. The van der Waals surface area contributed by atoms with Crippen LogP contribution in [0.1, 0.15) is 46.0 Å². The highest BCUT2D eigenvalue weighted by atomic mass is 16.5. The summed E-state index contributed by atoms with van der Waals surface area (Å²) < 4.78 is 4.98. The number of aryl methyl sites for hydroxylation is 1. The summed E-state index contributed by atoms with van der Waals surface area (Å²) in [7, 11) is 0. The number of carbonyl (C=O) groups is 3. The van der Waals surface area contributed by atoms with E-state index in [0.717, 1.165) is 5.56 Å². The second kappa shape index (κ2) is 4.72. The Balaban J connectivity index is 2.29. The summed E-state index contributed by atoms with van der Waals surface area (Å²) in [6, 6.07) is 5.08. The molecule has 94 valence electrons. The standard InChI is InChI=1S/C14H14O4/c1-3-5-10(15)18-14-12(16)9-7-4-6-8(2)11(9)13(14)17/h4,6-7,14H,3,5H2,1-2H3. The second-order valence-electron chi connectivity index (χ2n) is 4.35. The molecule has 0 spiro atoms. The molecule has 1 aliphatic rings. The van der Waals surface area contributed by atoms with E-state index >= 15 is 0 Å². The van der Waals surface area contributed by atoms with E-state index in [4.69, 9.17) is 4.74 Å². The zero-order valence-electron chi connectivity index (χ0n) is 10.4. The summed E-state index contributed by atoms with van der Waals surface area (Å²) in [5.74, 6) is -1.32. The lowest BCUT2D eigenvalue weighted by molar-refractivity contribution is -0.145. The monoisotopic (exact) mass is 246 g/mol. The van der Waals surface area contributed by atoms with E-state index in [-0.39, 0.29) is 6.42 Å². The summed E-state index contributed by atoms with van der Waals surface area (Å²) in [5, 5.41) is 0. The fraction of sp³-hybridized carbons (Fsp3) is 0.357. The summed E-state index contributed by atoms with van der Waals surface area (Å²) >= 11 is 0. The van der Waals surface area contributed by atoms with Crippen LogP contribution in [0, 0.1) is 6.92 Å². The first-order valence-corrected chi connectivity index (χ1v) is 5.93. The number of benzene rings is 1. The lowest BCUT2D eigenvalue weighted by Gasteiger charge is -2.08. The van der Waals surface area contributed by atoms with Crippen molar-refractivity contribution in [1.82, 2.24) is 0 Å². The number of hydrogen-bond acceptors (Lipinski definition) is 4. The van der Waals surface area contributed by atoms with E-state index < -0.39 is 23.6 Å². The van der Waals surface area contributed by atoms with Crippen molar-refractivity contribution in [2.45, 2.75) is 32.8 Å². The van der Waals surface area contributed by atoms with Gasteiger partial charge in [0.15, 0.2) is 0 Å². The van der Waals surface area contributed by atoms with E-state index in [1.54, 1.807) is 25.1 Å². The molecule has 1 atom stereocenters. The Morgan fingerprint density at radius 2 is 2.00 bits per heavy atom. The predicted molar refractivity (Wildman–Crippen MR) is 64.6 cm³/mol. The molecule has 1 aromatic carbocycles. The van der Waals surface area contributed by atoms with Gasteiger partial charge in [-0.15, -0.1) is 0 Å². The molecule has 2 rings (SSSR count). The first-order chi connectivity index (χ1) is 8.56. The number of hydrogen-bond donors (Lipinski definition) is 0. The molecule has 4 heteroatoms. The van der Waals surface area contributed by atoms with Crippen molar-refractivity contribution in [3.05, 3.63) is 34.9 Å². The number of rotatable bonds is 3. The van der Waals surface area contributed by atoms with Gasteiger partial charge in [-0.2, -0.15) is 0 Å². The molecule has 0 fully saturated rings. The number of ether oxygens (including phenoxy) is 1. The molecule has 1 aliphatic carbocycles. The van der Waals surface area contributed by atoms with Gasteiger partial charge in [0.2, 0.25) is 17.7 Å². The van der Waals surface area contributed by atoms with Gasteiger partial charge in [0, 0.05) is 17.5 Å². The van der Waals surface area contributed by atoms with Crippen LogP contribution >= 0.6 is 0 Å². The van der Waals surface area contributed by atoms with Gasteiger partial charge >= 0.3 is 5.97 Å². The molecular formula is C14H14O4. The van der Waals surface area contributed by atoms with Crippen LogP contribution < -0.4 is 0 Å². The summed E-state index contributed by atoms with van der Waals surface area (Å²) in [6.45, 7) is 3.60. The average molecular weight is 246 g/mol. The van der Waals surface area contributed by atoms with E-state index in [0.29, 0.717) is 17.5 Å². The van der Waals surface area contributed by atoms with Crippen LogP contribution in [0.25, 0.3) is 0 Å². The number of carbonyl (C=O) groups excluding carboxylic acids is 3. The Kier molecular flexibility index (Phi) is 3.28. The highest BCUT2D eigenvalue weighted by molar-refractivity contribution is 6.29. The SMILES string of the molecule is CCCC(=O)OC1C(=O)c2cccc(C)c2C1=O. The van der Waals surface area contributed by atoms with E-state index in [1.165, 1.54) is 0 Å². The first-order valence-electron chi connectivity index (χ1n) is 5.93. The maximum atomic E-state index is 12.1. The van der Waals surface area contributed by atoms with Crippen molar-refractivity contribution in [2.24, 2.45) is 0 Å². The van der Waals surface area contributed by atoms with Gasteiger partial charge in [0.25, 0.3) is 0 Å². The fourth-order valence-corrected chi connectivity index (χ4v) is 2.09. The molecule has 1 aromatic rings. The molecular weight excluding hydrogens is 232 g/mol. The van der Waals surface area contributed by atoms with E-state index in [9.17, 15) is 14.4 Å². The third-order valence-electron chi connectivity index (χ3n) is 2.96. The molecule has 0 aromatic heterocycles. The molecule has 0 saturated carbocycles. The van der Waals surface area contributed by atoms with Gasteiger partial charge in [0.05, 0.1) is 0 Å². The lowest BCUT2D eigenvalue weighted by Crippen LogP contribution is -2.28. The number of esters is 1. The van der Waals surface area contributed by atoms with Gasteiger partial charge in [-0.25, -0.2) is 0 Å². The Labute approximate surface area is 105 Å². The Bertz CT molecular complexity index is 531. The van der Waals surface area contributed by atoms with Crippen LogP contribution in [0.3, 0.4) is 0 Å². The Morgan fingerprint density at radius 3 is 2.61 bits per heavy atom. The third kappa shape index (κ3) is 1.94. The number of ketones is 2. The minimum absolute atomic E-state index is 0.215. The Hall–Kier alpha value is -1.97. The third-order valence-corrected chi connectivity index (χ3v) is 2.96. The molecule has 1 unspecified atom stereocenters. The minimum Gasteiger partial charge on any atom is -0.445 e. The van der Waals surface area contributed by atoms with Crippen LogP contribution in [-0.2, 0) is 9.53 Å². The molecule has 0 radical (unpaired) electrons. The maximum absolute atomic E-state index is 12.1. The normalized spacial score (nSPS) is 17.8. The van der Waals surface area contributed by atoms with Gasteiger partial charge in [-0.05, 0) is 18.9 Å². The quantitative estimate of drug-likeness (QED) is 0.605. The van der Waals surface area contributed by atoms with Crippen molar-refractivity contribution in [3.63, 3.8) is 0 Å². The van der Waals surface area contributed by atoms with Crippen LogP contribution in [0.5, 0.6) is 0 Å². The van der Waals surface area contributed by atoms with Crippen LogP contribution in [-0.4, -0.2) is 23.6 Å². The van der Waals surface area contributed by atoms with Crippen molar-refractivity contribution in [2.75, 3.05) is 0 Å². The molecule has 18 heavy (non-hydrogen) atoms. The number of Topliss-reactive ketones (excluding diaryl/α,β-unsaturated/α-hetero) is 2. The smallest absolute Gasteiger partial charge is 0.306 e. The Morgan fingerprint density at radius 1 is 1.28 bits per heavy atom. The molecule has 0 bridgehead atoms. The minimum atomic E-state index is -1.28. The zero-order valence-corrected chi connectivity index (χ0v) is 10.4. The molecule has 0 N–H and O–H groups in total. The largest absolute Gasteiger partial charge is 0.445 e. The van der Waals surface area contributed by atoms with Crippen LogP contribution in [0.2, 0.25) is 0 Å². The fourth-order valence-electron chi connectivity index (χ4n) is 2.09. The van der Waals surface area contributed by atoms with Gasteiger partial charge in [0.1, 0.15) is 0 Å². The van der Waals surface area contributed by atoms with Crippen molar-refractivity contribution < 1.29 is 19.1 Å². The van der Waals surface area contributed by atoms with E-state index in [1.807, 2.05) is 6.92 Å². The summed E-state index contributed by atoms with van der Waals surface area (Å²) in [6.07, 6.45) is -0.438. The second-order valence-corrected chi connectivity index (χ2v) is 4.35. The molecule has 0 heterocycles. The van der Waals surface area contributed by atoms with E-state index in [2.05, 4.69) is 0 Å². The van der Waals surface area contributed by atoms with Crippen LogP contribution in [0.4, 0.5) is 0 Å². The molecule has 0 saturated heterocycles. The van der Waals surface area contributed by atoms with Gasteiger partial charge in [-0.1, -0.05) is 25.1 Å². The highest BCUT2D eigenvalue weighted by Crippen LogP contribution is 2.27. The summed E-state index contributed by atoms with van der Waals surface area (Å²) in [4.78, 5) is 35.5. The van der Waals surface area contributed by atoms with Crippen molar-refractivity contribution in [3.8, 4) is 0 Å². The maximum Gasteiger partial charge on any atom is 0.306 e. The van der Waals surface area contributed by atoms with Gasteiger partial charge in [-0.3, -0.25) is 14.4 Å². The average Bonchev–Trinajstić information content (AvgIpc) is 2.56. The number of fused-ring (bicyclic) bond motifs is 1. The summed E-state index contributed by atoms with van der Waals surface area (Å²) in [5.41, 5.74) is 1.48. The lowest BCUT2D eigenvalue weighted by atomic mass is 10.0. The predicted octanol–water partition coefficient (Wildman–Crippen LogP) is 2.09. The van der Waals surface area contributed by atoms with Crippen LogP contribution in [0.15, 0.2) is 18.2 Å².